The van der Waals surface area contributed by atoms with E-state index in [1.165, 1.54) is 13.0 Å². The molecule has 0 fully saturated rings. The molecule has 2 unspecified atom stereocenters. The van der Waals surface area contributed by atoms with Gasteiger partial charge in [0.25, 0.3) is 0 Å². The Balaban J connectivity index is 3.26. The molecule has 0 amide bonds. The molecule has 112 valence electrons. The zero-order chi connectivity index (χ0) is 15.5. The second kappa shape index (κ2) is 6.74. The predicted octanol–water partition coefficient (Wildman–Crippen LogP) is 3.93. The van der Waals surface area contributed by atoms with Crippen molar-refractivity contribution in [1.29, 1.82) is 0 Å². The molecular formula is C14H17Cl2FO3. The number of ether oxygens (including phenoxy) is 1. The zero-order valence-electron chi connectivity index (χ0n) is 11.5. The lowest BCUT2D eigenvalue weighted by molar-refractivity contribution is -0.158. The van der Waals surface area contributed by atoms with Gasteiger partial charge in [0, 0.05) is 10.6 Å². The van der Waals surface area contributed by atoms with Crippen LogP contribution in [0.25, 0.3) is 0 Å². The Morgan fingerprint density at radius 1 is 1.40 bits per heavy atom. The summed E-state index contributed by atoms with van der Waals surface area (Å²) in [4.78, 5) is 11.9. The van der Waals surface area contributed by atoms with Crippen LogP contribution < -0.4 is 0 Å². The van der Waals surface area contributed by atoms with E-state index in [1.54, 1.807) is 13.8 Å². The normalized spacial score (nSPS) is 15.6. The van der Waals surface area contributed by atoms with E-state index in [4.69, 9.17) is 27.9 Å². The fourth-order valence-electron chi connectivity index (χ4n) is 2.13. The molecule has 0 saturated carbocycles. The van der Waals surface area contributed by atoms with Gasteiger partial charge in [0.15, 0.2) is 0 Å². The van der Waals surface area contributed by atoms with Gasteiger partial charge in [-0.3, -0.25) is 4.79 Å². The summed E-state index contributed by atoms with van der Waals surface area (Å²) in [5, 5.41) is 10.6. The maximum atomic E-state index is 13.6. The van der Waals surface area contributed by atoms with Crippen LogP contribution in [0.15, 0.2) is 12.1 Å². The van der Waals surface area contributed by atoms with Crippen molar-refractivity contribution in [3.63, 3.8) is 0 Å². The van der Waals surface area contributed by atoms with Crippen molar-refractivity contribution in [1.82, 2.24) is 0 Å². The molecule has 3 nitrogen and oxygen atoms in total. The number of halogens is 3. The van der Waals surface area contributed by atoms with Gasteiger partial charge < -0.3 is 9.84 Å². The molecule has 6 heteroatoms. The standard InChI is InChI=1S/C14H17Cl2FO3/c1-4-8(13(18)20-5-2)14(3,19)9-6-12(17)11(16)7-10(9)15/h6-8,19H,4-5H2,1-3H3. The zero-order valence-corrected chi connectivity index (χ0v) is 13.1. The van der Waals surface area contributed by atoms with E-state index >= 15 is 0 Å². The second-order valence-electron chi connectivity index (χ2n) is 4.61. The summed E-state index contributed by atoms with van der Waals surface area (Å²) in [5.74, 6) is -2.10. The number of carbonyl (C=O) groups excluding carboxylic acids is 1. The molecule has 0 aliphatic heterocycles. The predicted molar refractivity (Wildman–Crippen MR) is 76.4 cm³/mol. The SMILES string of the molecule is CCOC(=O)C(CC)C(C)(O)c1cc(F)c(Cl)cc1Cl. The van der Waals surface area contributed by atoms with E-state index in [-0.39, 0.29) is 22.2 Å². The number of hydrogen-bond donors (Lipinski definition) is 1. The Hall–Kier alpha value is -0.840. The largest absolute Gasteiger partial charge is 0.466 e. The summed E-state index contributed by atoms with van der Waals surface area (Å²) in [5.41, 5.74) is -1.54. The molecule has 1 aromatic rings. The molecule has 1 rings (SSSR count). The van der Waals surface area contributed by atoms with Crippen LogP contribution in [0.3, 0.4) is 0 Å². The number of benzene rings is 1. The first-order chi connectivity index (χ1) is 9.25. The third-order valence-corrected chi connectivity index (χ3v) is 3.82. The maximum Gasteiger partial charge on any atom is 0.312 e. The number of hydrogen-bond acceptors (Lipinski definition) is 3. The van der Waals surface area contributed by atoms with Crippen LogP contribution in [-0.4, -0.2) is 17.7 Å². The van der Waals surface area contributed by atoms with Crippen LogP contribution in [0.1, 0.15) is 32.8 Å². The minimum absolute atomic E-state index is 0.101. The Morgan fingerprint density at radius 3 is 2.50 bits per heavy atom. The van der Waals surface area contributed by atoms with E-state index in [9.17, 15) is 14.3 Å². The van der Waals surface area contributed by atoms with Gasteiger partial charge in [-0.25, -0.2) is 4.39 Å². The van der Waals surface area contributed by atoms with Crippen LogP contribution in [0.5, 0.6) is 0 Å². The molecule has 0 bridgehead atoms. The maximum absolute atomic E-state index is 13.6. The third kappa shape index (κ3) is 3.43. The molecule has 0 spiro atoms. The Kier molecular flexibility index (Phi) is 5.80. The second-order valence-corrected chi connectivity index (χ2v) is 5.42. The van der Waals surface area contributed by atoms with Gasteiger partial charge in [0.05, 0.1) is 17.5 Å². The van der Waals surface area contributed by atoms with Crippen molar-refractivity contribution >= 4 is 29.2 Å². The molecule has 1 aromatic carbocycles. The van der Waals surface area contributed by atoms with Crippen molar-refractivity contribution < 1.29 is 19.0 Å². The average molecular weight is 323 g/mol. The van der Waals surface area contributed by atoms with Crippen molar-refractivity contribution in [3.8, 4) is 0 Å². The average Bonchev–Trinajstić information content (AvgIpc) is 2.34. The number of rotatable bonds is 5. The van der Waals surface area contributed by atoms with Gasteiger partial charge in [-0.05, 0) is 32.4 Å². The van der Waals surface area contributed by atoms with E-state index in [0.29, 0.717) is 6.42 Å². The fourth-order valence-corrected chi connectivity index (χ4v) is 2.71. The smallest absolute Gasteiger partial charge is 0.312 e. The first-order valence-corrected chi connectivity index (χ1v) is 7.05. The molecule has 0 aliphatic rings. The van der Waals surface area contributed by atoms with Crippen LogP contribution >= 0.6 is 23.2 Å². The van der Waals surface area contributed by atoms with Crippen LogP contribution in [-0.2, 0) is 15.1 Å². The molecule has 0 saturated heterocycles. The summed E-state index contributed by atoms with van der Waals surface area (Å²) >= 11 is 11.6. The van der Waals surface area contributed by atoms with Gasteiger partial charge in [0.1, 0.15) is 11.4 Å². The quantitative estimate of drug-likeness (QED) is 0.660. The molecule has 2 atom stereocenters. The van der Waals surface area contributed by atoms with E-state index in [1.807, 2.05) is 0 Å². The van der Waals surface area contributed by atoms with Gasteiger partial charge in [-0.1, -0.05) is 30.1 Å². The Morgan fingerprint density at radius 2 is 2.00 bits per heavy atom. The Bertz CT molecular complexity index is 503. The summed E-state index contributed by atoms with van der Waals surface area (Å²) in [6, 6.07) is 2.26. The lowest BCUT2D eigenvalue weighted by Gasteiger charge is -2.32. The summed E-state index contributed by atoms with van der Waals surface area (Å²) in [6.45, 7) is 5.02. The topological polar surface area (TPSA) is 46.5 Å². The van der Waals surface area contributed by atoms with E-state index in [2.05, 4.69) is 0 Å². The van der Waals surface area contributed by atoms with Gasteiger partial charge >= 0.3 is 5.97 Å². The summed E-state index contributed by atoms with van der Waals surface area (Å²) in [6.07, 6.45) is 0.326. The molecule has 0 radical (unpaired) electrons. The lowest BCUT2D eigenvalue weighted by Crippen LogP contribution is -2.38. The number of carbonyl (C=O) groups is 1. The van der Waals surface area contributed by atoms with Crippen molar-refractivity contribution in [2.45, 2.75) is 32.8 Å². The highest BCUT2D eigenvalue weighted by molar-refractivity contribution is 6.35. The summed E-state index contributed by atoms with van der Waals surface area (Å²) in [7, 11) is 0. The van der Waals surface area contributed by atoms with Gasteiger partial charge in [-0.15, -0.1) is 0 Å². The first kappa shape index (κ1) is 17.2. The highest BCUT2D eigenvalue weighted by Gasteiger charge is 2.40. The van der Waals surface area contributed by atoms with Crippen molar-refractivity contribution in [2.24, 2.45) is 5.92 Å². The van der Waals surface area contributed by atoms with Crippen LogP contribution in [0, 0.1) is 11.7 Å². The van der Waals surface area contributed by atoms with Gasteiger partial charge in [0.2, 0.25) is 0 Å². The third-order valence-electron chi connectivity index (χ3n) is 3.21. The van der Waals surface area contributed by atoms with Crippen LogP contribution in [0.2, 0.25) is 10.0 Å². The highest BCUT2D eigenvalue weighted by atomic mass is 35.5. The van der Waals surface area contributed by atoms with Crippen molar-refractivity contribution in [3.05, 3.63) is 33.6 Å². The minimum Gasteiger partial charge on any atom is -0.466 e. The number of aliphatic hydroxyl groups is 1. The number of esters is 1. The molecule has 0 aromatic heterocycles. The monoisotopic (exact) mass is 322 g/mol. The lowest BCUT2D eigenvalue weighted by atomic mass is 9.81. The van der Waals surface area contributed by atoms with Gasteiger partial charge in [-0.2, -0.15) is 0 Å². The molecular weight excluding hydrogens is 306 g/mol. The highest BCUT2D eigenvalue weighted by Crippen LogP contribution is 2.38. The van der Waals surface area contributed by atoms with Crippen molar-refractivity contribution in [2.75, 3.05) is 6.61 Å². The minimum atomic E-state index is -1.65. The molecule has 1 N–H and O–H groups in total. The van der Waals surface area contributed by atoms with E-state index < -0.39 is 23.3 Å². The first-order valence-electron chi connectivity index (χ1n) is 6.29. The summed E-state index contributed by atoms with van der Waals surface area (Å²) < 4.78 is 18.5. The fraction of sp³-hybridized carbons (Fsp3) is 0.500. The Labute approximate surface area is 127 Å². The molecule has 0 heterocycles. The molecule has 20 heavy (non-hydrogen) atoms. The van der Waals surface area contributed by atoms with Crippen LogP contribution in [0.4, 0.5) is 4.39 Å². The molecule has 0 aliphatic carbocycles. The van der Waals surface area contributed by atoms with E-state index in [0.717, 1.165) is 6.07 Å².